The number of benzene rings is 1. The molecule has 1 fully saturated rings. The van der Waals surface area contributed by atoms with Gasteiger partial charge in [0.05, 0.1) is 0 Å². The largest absolute Gasteiger partial charge is 0.318 e. The summed E-state index contributed by atoms with van der Waals surface area (Å²) in [4.78, 5) is 16.1. The van der Waals surface area contributed by atoms with Gasteiger partial charge in [-0.15, -0.1) is 0 Å². The van der Waals surface area contributed by atoms with Crippen LogP contribution in [0, 0.1) is 27.7 Å². The van der Waals surface area contributed by atoms with Crippen LogP contribution in [0.5, 0.6) is 0 Å². The summed E-state index contributed by atoms with van der Waals surface area (Å²) >= 11 is 9.03. The van der Waals surface area contributed by atoms with E-state index in [1.165, 1.54) is 11.1 Å². The zero-order chi connectivity index (χ0) is 20.0. The van der Waals surface area contributed by atoms with Gasteiger partial charge < -0.3 is 9.47 Å². The highest BCUT2D eigenvalue weighted by molar-refractivity contribution is 9.10. The molecular formula is C21H24BrN3OS. The molecule has 142 valence electrons. The number of nitrogens with zero attached hydrogens (tertiary/aromatic N) is 3. The summed E-state index contributed by atoms with van der Waals surface area (Å²) in [6.07, 6.45) is 1.95. The van der Waals surface area contributed by atoms with Crippen LogP contribution >= 0.6 is 28.1 Å². The zero-order valence-corrected chi connectivity index (χ0v) is 19.0. The number of likely N-dealkylation sites (N-methyl/N-ethyl adjacent to an activating group) is 2. The molecule has 6 heteroatoms. The van der Waals surface area contributed by atoms with Crippen LogP contribution in [-0.4, -0.2) is 39.0 Å². The number of hydrogen-bond donors (Lipinski definition) is 0. The number of carbonyl (C=O) groups is 1. The molecule has 3 rings (SSSR count). The molecule has 1 aliphatic heterocycles. The van der Waals surface area contributed by atoms with E-state index in [-0.39, 0.29) is 5.91 Å². The van der Waals surface area contributed by atoms with E-state index in [1.54, 1.807) is 9.80 Å². The standard InChI is InChI=1S/C21H24BrN3OS/c1-7-24-20(26)18(23(6)21(24)27)11-16-10-14(4)25(15(16)5)17-8-12(2)19(22)13(3)9-17/h8-11H,7H2,1-6H3/b18-11-. The highest BCUT2D eigenvalue weighted by Crippen LogP contribution is 2.29. The molecule has 0 aliphatic carbocycles. The van der Waals surface area contributed by atoms with E-state index in [2.05, 4.69) is 66.4 Å². The molecule has 1 aliphatic rings. The van der Waals surface area contributed by atoms with Crippen LogP contribution in [0.3, 0.4) is 0 Å². The Bertz CT molecular complexity index is 967. The van der Waals surface area contributed by atoms with E-state index in [1.807, 2.05) is 20.0 Å². The fourth-order valence-corrected chi connectivity index (χ4v) is 4.16. The van der Waals surface area contributed by atoms with Crippen molar-refractivity contribution in [2.75, 3.05) is 13.6 Å². The van der Waals surface area contributed by atoms with Crippen molar-refractivity contribution in [2.24, 2.45) is 0 Å². The second-order valence-corrected chi connectivity index (χ2v) is 8.13. The lowest BCUT2D eigenvalue weighted by molar-refractivity contribution is -0.122. The maximum absolute atomic E-state index is 12.7. The van der Waals surface area contributed by atoms with Gasteiger partial charge in [-0.05, 0) is 87.8 Å². The van der Waals surface area contributed by atoms with E-state index in [0.717, 1.165) is 27.1 Å². The van der Waals surface area contributed by atoms with Gasteiger partial charge in [0.15, 0.2) is 5.11 Å². The Morgan fingerprint density at radius 2 is 1.70 bits per heavy atom. The number of rotatable bonds is 3. The molecule has 0 saturated carbocycles. The van der Waals surface area contributed by atoms with Gasteiger partial charge in [0.25, 0.3) is 5.91 Å². The Kier molecular flexibility index (Phi) is 5.32. The molecule has 1 amide bonds. The first-order chi connectivity index (χ1) is 12.7. The summed E-state index contributed by atoms with van der Waals surface area (Å²) in [5.41, 5.74) is 7.40. The average Bonchev–Trinajstić information content (AvgIpc) is 3.00. The molecule has 0 spiro atoms. The van der Waals surface area contributed by atoms with Crippen molar-refractivity contribution in [1.82, 2.24) is 14.4 Å². The summed E-state index contributed by atoms with van der Waals surface area (Å²) < 4.78 is 3.37. The van der Waals surface area contributed by atoms with Crippen molar-refractivity contribution in [3.63, 3.8) is 0 Å². The first kappa shape index (κ1) is 19.8. The predicted molar refractivity (Wildman–Crippen MR) is 118 cm³/mol. The summed E-state index contributed by atoms with van der Waals surface area (Å²) in [7, 11) is 1.85. The summed E-state index contributed by atoms with van der Waals surface area (Å²) in [5.74, 6) is -0.0369. The quantitative estimate of drug-likeness (QED) is 0.497. The maximum atomic E-state index is 12.7. The van der Waals surface area contributed by atoms with E-state index < -0.39 is 0 Å². The van der Waals surface area contributed by atoms with Gasteiger partial charge in [0, 0.05) is 35.1 Å². The van der Waals surface area contributed by atoms with Gasteiger partial charge in [0.2, 0.25) is 0 Å². The van der Waals surface area contributed by atoms with Gasteiger partial charge in [0.1, 0.15) is 5.70 Å². The van der Waals surface area contributed by atoms with E-state index in [9.17, 15) is 4.79 Å². The molecule has 1 saturated heterocycles. The fraction of sp³-hybridized carbons (Fsp3) is 0.333. The number of aryl methyl sites for hydroxylation is 3. The minimum atomic E-state index is -0.0369. The number of aromatic nitrogens is 1. The van der Waals surface area contributed by atoms with Crippen molar-refractivity contribution < 1.29 is 4.79 Å². The highest BCUT2D eigenvalue weighted by atomic mass is 79.9. The molecule has 0 bridgehead atoms. The van der Waals surface area contributed by atoms with E-state index in [4.69, 9.17) is 12.2 Å². The van der Waals surface area contributed by atoms with Crippen LogP contribution in [-0.2, 0) is 4.79 Å². The molecule has 0 atom stereocenters. The van der Waals surface area contributed by atoms with Crippen molar-refractivity contribution in [3.05, 3.63) is 56.4 Å². The van der Waals surface area contributed by atoms with Gasteiger partial charge in [-0.25, -0.2) is 0 Å². The van der Waals surface area contributed by atoms with Gasteiger partial charge in [-0.1, -0.05) is 15.9 Å². The second kappa shape index (κ2) is 7.24. The number of halogens is 1. The molecular weight excluding hydrogens is 422 g/mol. The minimum absolute atomic E-state index is 0.0369. The monoisotopic (exact) mass is 445 g/mol. The van der Waals surface area contributed by atoms with Crippen LogP contribution in [0.25, 0.3) is 11.8 Å². The molecule has 0 radical (unpaired) electrons. The Hall–Kier alpha value is -1.92. The molecule has 4 nitrogen and oxygen atoms in total. The average molecular weight is 446 g/mol. The first-order valence-electron chi connectivity index (χ1n) is 8.94. The molecule has 1 aromatic heterocycles. The lowest BCUT2D eigenvalue weighted by Gasteiger charge is -2.14. The fourth-order valence-electron chi connectivity index (χ4n) is 3.62. The first-order valence-corrected chi connectivity index (χ1v) is 10.1. The van der Waals surface area contributed by atoms with Crippen molar-refractivity contribution >= 4 is 45.2 Å². The SMILES string of the molecule is CCN1C(=O)/C(=C/c2cc(C)n(-c3cc(C)c(Br)c(C)c3)c2C)N(C)C1=S. The highest BCUT2D eigenvalue weighted by Gasteiger charge is 2.34. The smallest absolute Gasteiger partial charge is 0.276 e. The van der Waals surface area contributed by atoms with Crippen LogP contribution in [0.4, 0.5) is 0 Å². The summed E-state index contributed by atoms with van der Waals surface area (Å²) in [5, 5.41) is 0.557. The maximum Gasteiger partial charge on any atom is 0.276 e. The van der Waals surface area contributed by atoms with Crippen molar-refractivity contribution in [1.29, 1.82) is 0 Å². The van der Waals surface area contributed by atoms with Crippen LogP contribution in [0.1, 0.15) is 35.0 Å². The topological polar surface area (TPSA) is 28.5 Å². The Morgan fingerprint density at radius 3 is 2.22 bits per heavy atom. The molecule has 27 heavy (non-hydrogen) atoms. The Morgan fingerprint density at radius 1 is 1.11 bits per heavy atom. The van der Waals surface area contributed by atoms with Crippen LogP contribution < -0.4 is 0 Å². The van der Waals surface area contributed by atoms with E-state index >= 15 is 0 Å². The second-order valence-electron chi connectivity index (χ2n) is 6.98. The number of thiocarbonyl (C=S) groups is 1. The zero-order valence-electron chi connectivity index (χ0n) is 16.6. The van der Waals surface area contributed by atoms with Crippen LogP contribution in [0.15, 0.2) is 28.4 Å². The number of carbonyl (C=O) groups excluding carboxylic acids is 1. The lowest BCUT2D eigenvalue weighted by atomic mass is 10.1. The van der Waals surface area contributed by atoms with Crippen LogP contribution in [0.2, 0.25) is 0 Å². The molecule has 0 N–H and O–H groups in total. The lowest BCUT2D eigenvalue weighted by Crippen LogP contribution is -2.30. The summed E-state index contributed by atoms with van der Waals surface area (Å²) in [6.45, 7) is 10.9. The van der Waals surface area contributed by atoms with Gasteiger partial charge in [-0.2, -0.15) is 0 Å². The molecule has 2 aromatic rings. The summed E-state index contributed by atoms with van der Waals surface area (Å²) in [6, 6.07) is 6.47. The van der Waals surface area contributed by atoms with E-state index in [0.29, 0.717) is 17.4 Å². The molecule has 0 unspecified atom stereocenters. The third-order valence-corrected chi connectivity index (χ3v) is 6.85. The number of hydrogen-bond acceptors (Lipinski definition) is 2. The predicted octanol–water partition coefficient (Wildman–Crippen LogP) is 4.89. The van der Waals surface area contributed by atoms with Crippen molar-refractivity contribution in [3.8, 4) is 5.69 Å². The normalized spacial score (nSPS) is 16.2. The van der Waals surface area contributed by atoms with Gasteiger partial charge in [-0.3, -0.25) is 9.69 Å². The molecule has 1 aromatic carbocycles. The third-order valence-electron chi connectivity index (χ3n) is 5.10. The Labute approximate surface area is 174 Å². The van der Waals surface area contributed by atoms with Gasteiger partial charge >= 0.3 is 0 Å². The Balaban J connectivity index is 2.10. The number of amides is 1. The minimum Gasteiger partial charge on any atom is -0.318 e. The molecule has 2 heterocycles. The third kappa shape index (κ3) is 3.25. The van der Waals surface area contributed by atoms with Crippen molar-refractivity contribution in [2.45, 2.75) is 34.6 Å².